The quantitative estimate of drug-likeness (QED) is 0.509. The molecule has 0 radical (unpaired) electrons. The standard InChI is InChI=1S/C15H22ClN3O2/c16-13-9-11(1-5-18-13)14(19-17)12-2-6-21-15(10-12)3-7-20-8-4-15/h1,5,9,12,14,19H,2-4,6-8,10,17H2. The first-order valence-electron chi connectivity index (χ1n) is 7.52. The van der Waals surface area contributed by atoms with E-state index in [4.69, 9.17) is 26.9 Å². The van der Waals surface area contributed by atoms with Crippen molar-refractivity contribution in [3.63, 3.8) is 0 Å². The van der Waals surface area contributed by atoms with Gasteiger partial charge in [-0.1, -0.05) is 11.6 Å². The van der Waals surface area contributed by atoms with Gasteiger partial charge in [0.15, 0.2) is 0 Å². The highest BCUT2D eigenvalue weighted by molar-refractivity contribution is 6.29. The SMILES string of the molecule is NNC(c1ccnc(Cl)c1)C1CCOC2(CCOCC2)C1. The second-order valence-electron chi connectivity index (χ2n) is 5.95. The van der Waals surface area contributed by atoms with E-state index in [1.54, 1.807) is 6.20 Å². The summed E-state index contributed by atoms with van der Waals surface area (Å²) < 4.78 is 11.6. The van der Waals surface area contributed by atoms with Gasteiger partial charge in [0, 0.05) is 32.1 Å². The lowest BCUT2D eigenvalue weighted by atomic mass is 9.76. The van der Waals surface area contributed by atoms with Gasteiger partial charge >= 0.3 is 0 Å². The summed E-state index contributed by atoms with van der Waals surface area (Å²) in [5.41, 5.74) is 4.02. The minimum atomic E-state index is -0.0346. The zero-order valence-corrected chi connectivity index (χ0v) is 12.8. The van der Waals surface area contributed by atoms with Crippen LogP contribution in [0.3, 0.4) is 0 Å². The number of halogens is 1. The molecule has 2 fully saturated rings. The Labute approximate surface area is 130 Å². The van der Waals surface area contributed by atoms with Gasteiger partial charge in [0.05, 0.1) is 5.60 Å². The molecule has 2 atom stereocenters. The van der Waals surface area contributed by atoms with E-state index in [1.807, 2.05) is 12.1 Å². The van der Waals surface area contributed by atoms with Crippen molar-refractivity contribution in [1.82, 2.24) is 10.4 Å². The van der Waals surface area contributed by atoms with Crippen LogP contribution in [0.25, 0.3) is 0 Å². The van der Waals surface area contributed by atoms with Gasteiger partial charge in [0.1, 0.15) is 5.15 Å². The van der Waals surface area contributed by atoms with Crippen molar-refractivity contribution >= 4 is 11.6 Å². The van der Waals surface area contributed by atoms with Crippen LogP contribution in [-0.2, 0) is 9.47 Å². The average Bonchev–Trinajstić information content (AvgIpc) is 2.49. The maximum atomic E-state index is 6.10. The molecule has 2 aliphatic heterocycles. The first kappa shape index (κ1) is 15.2. The predicted octanol–water partition coefficient (Wildman–Crippen LogP) is 2.22. The van der Waals surface area contributed by atoms with Crippen molar-refractivity contribution in [1.29, 1.82) is 0 Å². The minimum absolute atomic E-state index is 0.0346. The van der Waals surface area contributed by atoms with E-state index in [2.05, 4.69) is 10.4 Å². The number of ether oxygens (including phenoxy) is 2. The molecule has 0 amide bonds. The second-order valence-corrected chi connectivity index (χ2v) is 6.34. The molecular formula is C15H22ClN3O2. The molecule has 2 aliphatic rings. The molecule has 6 heteroatoms. The Hall–Kier alpha value is -0.720. The summed E-state index contributed by atoms with van der Waals surface area (Å²) in [5.74, 6) is 6.26. The number of hydrogen-bond acceptors (Lipinski definition) is 5. The number of aromatic nitrogens is 1. The highest BCUT2D eigenvalue weighted by atomic mass is 35.5. The van der Waals surface area contributed by atoms with Gasteiger partial charge in [-0.2, -0.15) is 0 Å². The van der Waals surface area contributed by atoms with Gasteiger partial charge in [-0.15, -0.1) is 0 Å². The van der Waals surface area contributed by atoms with Crippen LogP contribution in [-0.4, -0.2) is 30.4 Å². The maximum Gasteiger partial charge on any atom is 0.129 e. The molecule has 1 aromatic heterocycles. The van der Waals surface area contributed by atoms with Crippen molar-refractivity contribution in [3.8, 4) is 0 Å². The van der Waals surface area contributed by atoms with E-state index >= 15 is 0 Å². The van der Waals surface area contributed by atoms with E-state index in [0.717, 1.165) is 51.1 Å². The van der Waals surface area contributed by atoms with Crippen molar-refractivity contribution in [3.05, 3.63) is 29.0 Å². The topological polar surface area (TPSA) is 69.4 Å². The highest BCUT2D eigenvalue weighted by Gasteiger charge is 2.41. The molecule has 0 aliphatic carbocycles. The molecule has 1 aromatic rings. The average molecular weight is 312 g/mol. The summed E-state index contributed by atoms with van der Waals surface area (Å²) >= 11 is 6.01. The first-order valence-corrected chi connectivity index (χ1v) is 7.89. The number of nitrogens with two attached hydrogens (primary N) is 1. The van der Waals surface area contributed by atoms with Crippen LogP contribution in [0.5, 0.6) is 0 Å². The van der Waals surface area contributed by atoms with Crippen LogP contribution in [0.15, 0.2) is 18.3 Å². The number of hydrazine groups is 1. The van der Waals surface area contributed by atoms with Crippen molar-refractivity contribution in [2.75, 3.05) is 19.8 Å². The molecule has 5 nitrogen and oxygen atoms in total. The van der Waals surface area contributed by atoms with E-state index in [1.165, 1.54) is 0 Å². The summed E-state index contributed by atoms with van der Waals surface area (Å²) in [4.78, 5) is 4.04. The molecule has 3 heterocycles. The van der Waals surface area contributed by atoms with E-state index in [-0.39, 0.29) is 11.6 Å². The predicted molar refractivity (Wildman–Crippen MR) is 80.8 cm³/mol. The van der Waals surface area contributed by atoms with Crippen molar-refractivity contribution in [2.24, 2.45) is 11.8 Å². The number of hydrogen-bond donors (Lipinski definition) is 2. The third-order valence-corrected chi connectivity index (χ3v) is 4.90. The summed E-state index contributed by atoms with van der Waals surface area (Å²) in [6.45, 7) is 2.35. The zero-order chi connectivity index (χ0) is 14.7. The minimum Gasteiger partial charge on any atom is -0.381 e. The summed E-state index contributed by atoms with van der Waals surface area (Å²) in [7, 11) is 0. The maximum absolute atomic E-state index is 6.10. The van der Waals surface area contributed by atoms with Crippen LogP contribution >= 0.6 is 11.6 Å². The van der Waals surface area contributed by atoms with Crippen LogP contribution in [0, 0.1) is 5.92 Å². The third-order valence-electron chi connectivity index (χ3n) is 4.70. The number of nitrogens with one attached hydrogen (secondary N) is 1. The fourth-order valence-electron chi connectivity index (χ4n) is 3.56. The molecule has 1 spiro atoms. The Morgan fingerprint density at radius 3 is 2.90 bits per heavy atom. The van der Waals surface area contributed by atoms with Gasteiger partial charge < -0.3 is 9.47 Å². The molecule has 3 N–H and O–H groups in total. The summed E-state index contributed by atoms with van der Waals surface area (Å²) in [5, 5.41) is 0.501. The molecule has 116 valence electrons. The van der Waals surface area contributed by atoms with Crippen LogP contribution in [0.4, 0.5) is 0 Å². The van der Waals surface area contributed by atoms with E-state index in [0.29, 0.717) is 11.1 Å². The van der Waals surface area contributed by atoms with Crippen molar-refractivity contribution in [2.45, 2.75) is 37.3 Å². The van der Waals surface area contributed by atoms with Crippen LogP contribution in [0.1, 0.15) is 37.3 Å². The van der Waals surface area contributed by atoms with Gasteiger partial charge in [-0.3, -0.25) is 11.3 Å². The Bertz CT molecular complexity index is 474. The number of nitrogens with zero attached hydrogens (tertiary/aromatic N) is 1. The van der Waals surface area contributed by atoms with E-state index in [9.17, 15) is 0 Å². The molecule has 2 unspecified atom stereocenters. The third kappa shape index (κ3) is 3.38. The zero-order valence-electron chi connectivity index (χ0n) is 12.1. The number of rotatable bonds is 3. The molecule has 0 aromatic carbocycles. The molecule has 21 heavy (non-hydrogen) atoms. The monoisotopic (exact) mass is 311 g/mol. The Morgan fingerprint density at radius 2 is 2.19 bits per heavy atom. The fourth-order valence-corrected chi connectivity index (χ4v) is 3.74. The molecule has 0 bridgehead atoms. The van der Waals surface area contributed by atoms with E-state index < -0.39 is 0 Å². The first-order chi connectivity index (χ1) is 10.2. The lowest BCUT2D eigenvalue weighted by Crippen LogP contribution is -2.47. The van der Waals surface area contributed by atoms with Crippen molar-refractivity contribution < 1.29 is 9.47 Å². The molecule has 3 rings (SSSR count). The summed E-state index contributed by atoms with van der Waals surface area (Å²) in [6.07, 6.45) is 5.67. The van der Waals surface area contributed by atoms with Crippen LogP contribution in [0.2, 0.25) is 5.15 Å². The summed E-state index contributed by atoms with van der Waals surface area (Å²) in [6, 6.07) is 3.94. The van der Waals surface area contributed by atoms with Gasteiger partial charge in [0.25, 0.3) is 0 Å². The highest BCUT2D eigenvalue weighted by Crippen LogP contribution is 2.41. The normalized spacial score (nSPS) is 26.7. The largest absolute Gasteiger partial charge is 0.381 e. The number of pyridine rings is 1. The van der Waals surface area contributed by atoms with Crippen LogP contribution < -0.4 is 11.3 Å². The van der Waals surface area contributed by atoms with Gasteiger partial charge in [-0.05, 0) is 49.3 Å². The van der Waals surface area contributed by atoms with Gasteiger partial charge in [0.2, 0.25) is 0 Å². The molecule has 2 saturated heterocycles. The lowest BCUT2D eigenvalue weighted by Gasteiger charge is -2.45. The smallest absolute Gasteiger partial charge is 0.129 e. The fraction of sp³-hybridized carbons (Fsp3) is 0.667. The Kier molecular flexibility index (Phi) is 4.76. The second kappa shape index (κ2) is 6.58. The molecule has 0 saturated carbocycles. The van der Waals surface area contributed by atoms with Gasteiger partial charge in [-0.25, -0.2) is 4.98 Å². The Morgan fingerprint density at radius 1 is 1.38 bits per heavy atom. The Balaban J connectivity index is 1.77. The lowest BCUT2D eigenvalue weighted by molar-refractivity contribution is -0.150. The molecular weight excluding hydrogens is 290 g/mol.